The number of H-pyrrole nitrogens is 1. The van der Waals surface area contributed by atoms with Gasteiger partial charge in [0.2, 0.25) is 0 Å². The van der Waals surface area contributed by atoms with Crippen molar-refractivity contribution < 1.29 is 9.13 Å². The summed E-state index contributed by atoms with van der Waals surface area (Å²) in [6.07, 6.45) is 3.92. The van der Waals surface area contributed by atoms with Crippen LogP contribution in [0.4, 0.5) is 4.39 Å². The zero-order valence-electron chi connectivity index (χ0n) is 17.3. The van der Waals surface area contributed by atoms with Crippen molar-refractivity contribution in [3.05, 3.63) is 65.6 Å². The van der Waals surface area contributed by atoms with E-state index in [0.717, 1.165) is 55.1 Å². The average molecular weight is 522 g/mol. The Hall–Kier alpha value is -2.29. The third-order valence-corrected chi connectivity index (χ3v) is 5.69. The molecule has 30 heavy (non-hydrogen) atoms. The van der Waals surface area contributed by atoms with Gasteiger partial charge in [0.25, 0.3) is 0 Å². The number of fused-ring (bicyclic) bond motifs is 1. The van der Waals surface area contributed by atoms with Crippen molar-refractivity contribution >= 4 is 40.8 Å². The van der Waals surface area contributed by atoms with Crippen LogP contribution in [-0.2, 0) is 6.42 Å². The van der Waals surface area contributed by atoms with E-state index in [4.69, 9.17) is 4.74 Å². The number of rotatable bonds is 5. The van der Waals surface area contributed by atoms with Crippen LogP contribution in [0.2, 0.25) is 0 Å². The molecule has 4 rings (SSSR count). The fraction of sp³-hybridized carbons (Fsp3) is 0.348. The van der Waals surface area contributed by atoms with E-state index in [-0.39, 0.29) is 29.8 Å². The van der Waals surface area contributed by atoms with Gasteiger partial charge in [0.1, 0.15) is 11.6 Å². The number of hydrogen-bond acceptors (Lipinski definition) is 2. The van der Waals surface area contributed by atoms with Crippen molar-refractivity contribution in [2.45, 2.75) is 18.8 Å². The Morgan fingerprint density at radius 3 is 2.80 bits per heavy atom. The second kappa shape index (κ2) is 10.1. The first-order valence-corrected chi connectivity index (χ1v) is 10.0. The monoisotopic (exact) mass is 522 g/mol. The second-order valence-electron chi connectivity index (χ2n) is 7.43. The molecular formula is C23H28FIN4O. The van der Waals surface area contributed by atoms with E-state index in [2.05, 4.69) is 32.3 Å². The Morgan fingerprint density at radius 1 is 1.27 bits per heavy atom. The molecule has 1 aromatic heterocycles. The average Bonchev–Trinajstić information content (AvgIpc) is 3.38. The van der Waals surface area contributed by atoms with Crippen molar-refractivity contribution in [3.63, 3.8) is 0 Å². The van der Waals surface area contributed by atoms with E-state index in [1.54, 1.807) is 7.11 Å². The zero-order chi connectivity index (χ0) is 20.2. The van der Waals surface area contributed by atoms with Gasteiger partial charge < -0.3 is 19.9 Å². The molecule has 160 valence electrons. The molecule has 1 aliphatic heterocycles. The number of ether oxygens (including phenoxy) is 1. The second-order valence-corrected chi connectivity index (χ2v) is 7.43. The molecule has 2 heterocycles. The van der Waals surface area contributed by atoms with Crippen LogP contribution >= 0.6 is 24.0 Å². The number of aromatic amines is 1. The molecule has 1 fully saturated rings. The highest BCUT2D eigenvalue weighted by atomic mass is 127. The number of benzene rings is 2. The first kappa shape index (κ1) is 22.4. The Labute approximate surface area is 193 Å². The Balaban J connectivity index is 0.00000256. The summed E-state index contributed by atoms with van der Waals surface area (Å²) in [6.45, 7) is 2.72. The molecule has 2 aromatic carbocycles. The number of likely N-dealkylation sites (tertiary alicyclic amines) is 1. The maximum Gasteiger partial charge on any atom is 0.193 e. The van der Waals surface area contributed by atoms with Gasteiger partial charge in [-0.15, -0.1) is 24.0 Å². The summed E-state index contributed by atoms with van der Waals surface area (Å²) in [4.78, 5) is 9.94. The van der Waals surface area contributed by atoms with Crippen molar-refractivity contribution in [3.8, 4) is 5.75 Å². The summed E-state index contributed by atoms with van der Waals surface area (Å²) < 4.78 is 18.6. The number of methoxy groups -OCH3 is 1. The van der Waals surface area contributed by atoms with Crippen LogP contribution in [0.15, 0.2) is 53.7 Å². The molecule has 1 aliphatic rings. The third-order valence-electron chi connectivity index (χ3n) is 5.69. The number of nitrogens with one attached hydrogen (secondary N) is 2. The third kappa shape index (κ3) is 4.88. The Kier molecular flexibility index (Phi) is 7.58. The minimum Gasteiger partial charge on any atom is -0.497 e. The number of guanidine groups is 1. The zero-order valence-corrected chi connectivity index (χ0v) is 19.7. The van der Waals surface area contributed by atoms with Crippen LogP contribution in [0.25, 0.3) is 10.9 Å². The fourth-order valence-corrected chi connectivity index (χ4v) is 4.11. The molecule has 5 nitrogen and oxygen atoms in total. The topological polar surface area (TPSA) is 52.7 Å². The van der Waals surface area contributed by atoms with E-state index >= 15 is 0 Å². The molecule has 0 aliphatic carbocycles. The number of nitrogens with zero attached hydrogens (tertiary/aromatic N) is 2. The highest BCUT2D eigenvalue weighted by Crippen LogP contribution is 2.28. The molecule has 0 spiro atoms. The molecule has 0 radical (unpaired) electrons. The number of hydrogen-bond donors (Lipinski definition) is 2. The van der Waals surface area contributed by atoms with E-state index < -0.39 is 0 Å². The fourth-order valence-electron chi connectivity index (χ4n) is 4.11. The van der Waals surface area contributed by atoms with Gasteiger partial charge in [0.15, 0.2) is 5.96 Å². The van der Waals surface area contributed by atoms with Gasteiger partial charge in [0, 0.05) is 49.7 Å². The van der Waals surface area contributed by atoms with Gasteiger partial charge in [-0.25, -0.2) is 4.39 Å². The van der Waals surface area contributed by atoms with Crippen LogP contribution in [0, 0.1) is 5.82 Å². The smallest absolute Gasteiger partial charge is 0.193 e. The van der Waals surface area contributed by atoms with Crippen LogP contribution in [-0.4, -0.2) is 49.6 Å². The van der Waals surface area contributed by atoms with Crippen molar-refractivity contribution in [1.29, 1.82) is 0 Å². The summed E-state index contributed by atoms with van der Waals surface area (Å²) in [5.41, 5.74) is 3.36. The van der Waals surface area contributed by atoms with Crippen LogP contribution in [0.3, 0.4) is 0 Å². The predicted octanol–water partition coefficient (Wildman–Crippen LogP) is 4.54. The maximum absolute atomic E-state index is 13.4. The molecule has 1 unspecified atom stereocenters. The van der Waals surface area contributed by atoms with Crippen LogP contribution in [0.1, 0.15) is 23.5 Å². The summed E-state index contributed by atoms with van der Waals surface area (Å²) in [5.74, 6) is 2.11. The van der Waals surface area contributed by atoms with E-state index in [1.165, 1.54) is 23.3 Å². The number of aliphatic imine (C=N–C) groups is 1. The first-order chi connectivity index (χ1) is 14.2. The van der Waals surface area contributed by atoms with Crippen LogP contribution in [0.5, 0.6) is 5.75 Å². The lowest BCUT2D eigenvalue weighted by Gasteiger charge is -2.22. The van der Waals surface area contributed by atoms with Crippen molar-refractivity contribution in [2.24, 2.45) is 4.99 Å². The lowest BCUT2D eigenvalue weighted by atomic mass is 9.98. The number of halogens is 2. The molecule has 0 amide bonds. The molecule has 7 heteroatoms. The molecule has 1 atom stereocenters. The maximum atomic E-state index is 13.4. The minimum absolute atomic E-state index is 0. The summed E-state index contributed by atoms with van der Waals surface area (Å²) >= 11 is 0. The molecule has 2 N–H and O–H groups in total. The highest BCUT2D eigenvalue weighted by molar-refractivity contribution is 14.0. The molecule has 1 saturated heterocycles. The molecule has 0 saturated carbocycles. The van der Waals surface area contributed by atoms with E-state index in [9.17, 15) is 4.39 Å². The van der Waals surface area contributed by atoms with Gasteiger partial charge in [-0.2, -0.15) is 0 Å². The molecule has 0 bridgehead atoms. The summed E-state index contributed by atoms with van der Waals surface area (Å²) in [6, 6.07) is 13.2. The van der Waals surface area contributed by atoms with Crippen LogP contribution < -0.4 is 10.1 Å². The van der Waals surface area contributed by atoms with E-state index in [1.807, 2.05) is 31.4 Å². The van der Waals surface area contributed by atoms with Gasteiger partial charge in [-0.1, -0.05) is 12.1 Å². The summed E-state index contributed by atoms with van der Waals surface area (Å²) in [7, 11) is 3.52. The van der Waals surface area contributed by atoms with Gasteiger partial charge >= 0.3 is 0 Å². The molecule has 3 aromatic rings. The van der Waals surface area contributed by atoms with Gasteiger partial charge in [-0.3, -0.25) is 4.99 Å². The quantitative estimate of drug-likeness (QED) is 0.294. The minimum atomic E-state index is -0.218. The number of aromatic nitrogens is 1. The van der Waals surface area contributed by atoms with Gasteiger partial charge in [0.05, 0.1) is 7.11 Å². The normalized spacial score (nSPS) is 16.6. The first-order valence-electron chi connectivity index (χ1n) is 10.0. The largest absolute Gasteiger partial charge is 0.497 e. The SMILES string of the molecule is CN=C(NCCc1c[nH]c2cc(F)ccc12)N1CCC(c2ccc(OC)cc2)C1.I. The standard InChI is InChI=1S/C23H27FN4O.HI/c1-25-23(26-11-9-17-14-27-22-13-19(24)5-8-21(17)22)28-12-10-18(15-28)16-3-6-20(29-2)7-4-16;/h3-8,13-14,18,27H,9-12,15H2,1-2H3,(H,25,26);1H. The van der Waals surface area contributed by atoms with E-state index in [0.29, 0.717) is 5.92 Å². The predicted molar refractivity (Wildman–Crippen MR) is 131 cm³/mol. The molecular weight excluding hydrogens is 494 g/mol. The Morgan fingerprint density at radius 2 is 2.07 bits per heavy atom. The Bertz CT molecular complexity index is 1000. The lowest BCUT2D eigenvalue weighted by molar-refractivity contribution is 0.414. The lowest BCUT2D eigenvalue weighted by Crippen LogP contribution is -2.40. The van der Waals surface area contributed by atoms with Crippen molar-refractivity contribution in [1.82, 2.24) is 15.2 Å². The van der Waals surface area contributed by atoms with Crippen molar-refractivity contribution in [2.75, 3.05) is 33.8 Å². The van der Waals surface area contributed by atoms with Gasteiger partial charge in [-0.05, 0) is 54.3 Å². The highest BCUT2D eigenvalue weighted by Gasteiger charge is 2.26. The summed E-state index contributed by atoms with van der Waals surface area (Å²) in [5, 5.41) is 4.56.